The van der Waals surface area contributed by atoms with E-state index in [4.69, 9.17) is 10.5 Å². The number of nitrogens with two attached hydrogens (primary N) is 1. The first-order valence-corrected chi connectivity index (χ1v) is 5.33. The average molecular weight is 222 g/mol. The topological polar surface area (TPSA) is 78.4 Å². The Bertz CT molecular complexity index is 402. The number of ether oxygens (including phenoxy) is 1. The van der Waals surface area contributed by atoms with Gasteiger partial charge in [0.2, 0.25) is 0 Å². The second-order valence-corrected chi connectivity index (χ2v) is 4.06. The molecule has 0 heterocycles. The number of nitrogen functional groups attached to an aromatic ring is 1. The predicted octanol–water partition coefficient (Wildman–Crippen LogP) is 2.36. The summed E-state index contributed by atoms with van der Waals surface area (Å²) >= 11 is 0. The van der Waals surface area contributed by atoms with Crippen molar-refractivity contribution < 1.29 is 9.66 Å². The molecule has 0 spiro atoms. The Morgan fingerprint density at radius 2 is 2.25 bits per heavy atom. The lowest BCUT2D eigenvalue weighted by molar-refractivity contribution is -0.384. The maximum atomic E-state index is 10.5. The lowest BCUT2D eigenvalue weighted by atomic mass is 10.2. The van der Waals surface area contributed by atoms with Crippen molar-refractivity contribution in [3.8, 4) is 5.75 Å². The monoisotopic (exact) mass is 222 g/mol. The van der Waals surface area contributed by atoms with Crippen molar-refractivity contribution in [3.63, 3.8) is 0 Å². The van der Waals surface area contributed by atoms with Crippen molar-refractivity contribution in [3.05, 3.63) is 28.3 Å². The maximum absolute atomic E-state index is 10.5. The molecule has 16 heavy (non-hydrogen) atoms. The highest BCUT2D eigenvalue weighted by Crippen LogP contribution is 2.33. The molecule has 1 aromatic carbocycles. The highest BCUT2D eigenvalue weighted by atomic mass is 16.6. The van der Waals surface area contributed by atoms with Crippen LogP contribution in [-0.2, 0) is 0 Å². The van der Waals surface area contributed by atoms with Crippen LogP contribution in [0.5, 0.6) is 5.75 Å². The van der Waals surface area contributed by atoms with Gasteiger partial charge in [-0.2, -0.15) is 0 Å². The molecule has 0 unspecified atom stereocenters. The van der Waals surface area contributed by atoms with Crippen LogP contribution < -0.4 is 10.5 Å². The van der Waals surface area contributed by atoms with Crippen molar-refractivity contribution in [1.82, 2.24) is 0 Å². The fraction of sp³-hybridized carbons (Fsp3) is 0.455. The number of hydrogen-bond donors (Lipinski definition) is 1. The molecule has 1 aromatic rings. The molecule has 2 N–H and O–H groups in total. The van der Waals surface area contributed by atoms with Gasteiger partial charge in [0.15, 0.2) is 0 Å². The van der Waals surface area contributed by atoms with E-state index in [0.29, 0.717) is 18.0 Å². The Hall–Kier alpha value is -1.78. The number of hydrogen-bond acceptors (Lipinski definition) is 4. The summed E-state index contributed by atoms with van der Waals surface area (Å²) in [4.78, 5) is 10.0. The summed E-state index contributed by atoms with van der Waals surface area (Å²) < 4.78 is 5.47. The molecule has 86 valence electrons. The van der Waals surface area contributed by atoms with Crippen molar-refractivity contribution >= 4 is 11.4 Å². The van der Waals surface area contributed by atoms with E-state index in [1.807, 2.05) is 0 Å². The number of nitro benzene ring substituents is 1. The van der Waals surface area contributed by atoms with Gasteiger partial charge >= 0.3 is 0 Å². The predicted molar refractivity (Wildman–Crippen MR) is 60.3 cm³/mol. The Labute approximate surface area is 93.4 Å². The van der Waals surface area contributed by atoms with Crippen LogP contribution in [0.1, 0.15) is 19.3 Å². The molecule has 1 fully saturated rings. The zero-order valence-corrected chi connectivity index (χ0v) is 8.89. The lowest BCUT2D eigenvalue weighted by Gasteiger charge is -2.07. The molecule has 0 atom stereocenters. The highest BCUT2D eigenvalue weighted by molar-refractivity contribution is 5.58. The van der Waals surface area contributed by atoms with Gasteiger partial charge in [-0.05, 0) is 18.4 Å². The van der Waals surface area contributed by atoms with Gasteiger partial charge in [-0.1, -0.05) is 12.8 Å². The van der Waals surface area contributed by atoms with Crippen LogP contribution in [0.4, 0.5) is 11.4 Å². The second kappa shape index (κ2) is 4.38. The summed E-state index contributed by atoms with van der Waals surface area (Å²) in [6, 6.07) is 4.29. The van der Waals surface area contributed by atoms with E-state index in [0.717, 1.165) is 12.3 Å². The van der Waals surface area contributed by atoms with Crippen molar-refractivity contribution in [2.24, 2.45) is 5.92 Å². The third-order valence-electron chi connectivity index (χ3n) is 2.68. The molecule has 0 aliphatic heterocycles. The van der Waals surface area contributed by atoms with E-state index in [2.05, 4.69) is 0 Å². The summed E-state index contributed by atoms with van der Waals surface area (Å²) in [5.41, 5.74) is 5.98. The van der Waals surface area contributed by atoms with E-state index in [1.54, 1.807) is 6.07 Å². The van der Waals surface area contributed by atoms with Crippen molar-refractivity contribution in [1.29, 1.82) is 0 Å². The van der Waals surface area contributed by atoms with Crippen molar-refractivity contribution in [2.45, 2.75) is 19.3 Å². The fourth-order valence-corrected chi connectivity index (χ4v) is 1.52. The summed E-state index contributed by atoms with van der Waals surface area (Å²) in [5.74, 6) is 1.34. The highest BCUT2D eigenvalue weighted by Gasteiger charge is 2.20. The van der Waals surface area contributed by atoms with Crippen LogP contribution >= 0.6 is 0 Å². The van der Waals surface area contributed by atoms with E-state index in [1.165, 1.54) is 25.0 Å². The number of benzene rings is 1. The van der Waals surface area contributed by atoms with Crippen LogP contribution in [0.3, 0.4) is 0 Å². The number of non-ortho nitro benzene ring substituents is 1. The number of nitrogens with zero attached hydrogens (tertiary/aromatic N) is 1. The smallest absolute Gasteiger partial charge is 0.271 e. The molecular formula is C11H14N2O3. The van der Waals surface area contributed by atoms with Crippen LogP contribution in [-0.4, -0.2) is 11.5 Å². The van der Waals surface area contributed by atoms with Gasteiger partial charge in [0.05, 0.1) is 17.2 Å². The van der Waals surface area contributed by atoms with Crippen LogP contribution in [0.15, 0.2) is 18.2 Å². The van der Waals surface area contributed by atoms with E-state index in [-0.39, 0.29) is 5.69 Å². The Balaban J connectivity index is 1.95. The van der Waals surface area contributed by atoms with Crippen LogP contribution in [0.2, 0.25) is 0 Å². The van der Waals surface area contributed by atoms with Gasteiger partial charge in [-0.25, -0.2) is 0 Å². The summed E-state index contributed by atoms with van der Waals surface area (Å²) in [5, 5.41) is 10.5. The minimum atomic E-state index is -0.468. The van der Waals surface area contributed by atoms with Gasteiger partial charge in [0, 0.05) is 12.1 Å². The third kappa shape index (κ3) is 2.62. The SMILES string of the molecule is Nc1cc([N+](=O)[O-])ccc1OCCC1CC1. The average Bonchev–Trinajstić information content (AvgIpc) is 3.04. The van der Waals surface area contributed by atoms with Crippen LogP contribution in [0, 0.1) is 16.0 Å². The normalized spacial score (nSPS) is 14.8. The third-order valence-corrected chi connectivity index (χ3v) is 2.68. The van der Waals surface area contributed by atoms with E-state index < -0.39 is 4.92 Å². The Morgan fingerprint density at radius 1 is 1.50 bits per heavy atom. The molecule has 5 heteroatoms. The molecular weight excluding hydrogens is 208 g/mol. The van der Waals surface area contributed by atoms with Gasteiger partial charge < -0.3 is 10.5 Å². The standard InChI is InChI=1S/C11H14N2O3/c12-10-7-9(13(14)15)3-4-11(10)16-6-5-8-1-2-8/h3-4,7-8H,1-2,5-6,12H2. The Kier molecular flexibility index (Phi) is 2.94. The Morgan fingerprint density at radius 3 is 2.81 bits per heavy atom. The molecule has 0 saturated heterocycles. The first kappa shape index (κ1) is 10.7. The zero-order valence-electron chi connectivity index (χ0n) is 8.89. The molecule has 5 nitrogen and oxygen atoms in total. The molecule has 0 amide bonds. The fourth-order valence-electron chi connectivity index (χ4n) is 1.52. The van der Waals surface area contributed by atoms with Gasteiger partial charge in [-0.15, -0.1) is 0 Å². The van der Waals surface area contributed by atoms with Crippen molar-refractivity contribution in [2.75, 3.05) is 12.3 Å². The lowest BCUT2D eigenvalue weighted by Crippen LogP contribution is -2.01. The number of nitro groups is 1. The zero-order chi connectivity index (χ0) is 11.5. The summed E-state index contributed by atoms with van der Waals surface area (Å²) in [6.07, 6.45) is 3.62. The minimum absolute atomic E-state index is 0.00737. The molecule has 0 bridgehead atoms. The molecule has 1 saturated carbocycles. The van der Waals surface area contributed by atoms with E-state index >= 15 is 0 Å². The molecule has 2 rings (SSSR count). The minimum Gasteiger partial charge on any atom is -0.491 e. The molecule has 1 aliphatic rings. The van der Waals surface area contributed by atoms with Gasteiger partial charge in [0.1, 0.15) is 5.75 Å². The maximum Gasteiger partial charge on any atom is 0.271 e. The van der Waals surface area contributed by atoms with Gasteiger partial charge in [0.25, 0.3) is 5.69 Å². The summed E-state index contributed by atoms with van der Waals surface area (Å²) in [6.45, 7) is 0.632. The van der Waals surface area contributed by atoms with Crippen LogP contribution in [0.25, 0.3) is 0 Å². The number of anilines is 1. The van der Waals surface area contributed by atoms with E-state index in [9.17, 15) is 10.1 Å². The quantitative estimate of drug-likeness (QED) is 0.471. The first-order valence-electron chi connectivity index (χ1n) is 5.33. The largest absolute Gasteiger partial charge is 0.491 e. The molecule has 0 aromatic heterocycles. The molecule has 0 radical (unpaired) electrons. The van der Waals surface area contributed by atoms with Gasteiger partial charge in [-0.3, -0.25) is 10.1 Å². The number of rotatable bonds is 5. The molecule has 1 aliphatic carbocycles. The second-order valence-electron chi connectivity index (χ2n) is 4.06. The summed E-state index contributed by atoms with van der Waals surface area (Å²) in [7, 11) is 0. The first-order chi connectivity index (χ1) is 7.66.